The molecule has 1 amide bonds. The number of para-hydroxylation sites is 1. The van der Waals surface area contributed by atoms with Gasteiger partial charge in [-0.2, -0.15) is 0 Å². The van der Waals surface area contributed by atoms with E-state index in [1.165, 1.54) is 0 Å². The molecule has 0 unspecified atom stereocenters. The Hall–Kier alpha value is -2.35. The van der Waals surface area contributed by atoms with E-state index in [2.05, 4.69) is 0 Å². The van der Waals surface area contributed by atoms with E-state index in [9.17, 15) is 13.2 Å². The molecule has 2 heterocycles. The van der Waals surface area contributed by atoms with Gasteiger partial charge in [0.1, 0.15) is 6.54 Å². The highest BCUT2D eigenvalue weighted by Crippen LogP contribution is 2.28. The van der Waals surface area contributed by atoms with Crippen molar-refractivity contribution in [3.05, 3.63) is 65.3 Å². The van der Waals surface area contributed by atoms with Crippen LogP contribution in [0.2, 0.25) is 5.02 Å². The lowest BCUT2D eigenvalue weighted by molar-refractivity contribution is -0.143. The first-order valence-corrected chi connectivity index (χ1v) is 12.2. The molecule has 4 rings (SSSR count). The van der Waals surface area contributed by atoms with E-state index in [4.69, 9.17) is 16.3 Å². The second-order valence-corrected chi connectivity index (χ2v) is 10.5. The van der Waals surface area contributed by atoms with E-state index in [1.54, 1.807) is 52.1 Å². The van der Waals surface area contributed by atoms with Crippen LogP contribution in [0.15, 0.2) is 59.6 Å². The molecule has 1 aliphatic rings. The molecule has 164 valence electrons. The minimum atomic E-state index is -3.62. The second-order valence-electron chi connectivity index (χ2n) is 8.08. The van der Waals surface area contributed by atoms with Gasteiger partial charge in [-0.15, -0.1) is 0 Å². The van der Waals surface area contributed by atoms with E-state index < -0.39 is 9.84 Å². The lowest BCUT2D eigenvalue weighted by Gasteiger charge is -2.35. The molecule has 1 aromatic heterocycles. The summed E-state index contributed by atoms with van der Waals surface area (Å²) in [6.07, 6.45) is 1.54. The predicted octanol–water partition coefficient (Wildman–Crippen LogP) is 3.90. The first kappa shape index (κ1) is 21.9. The summed E-state index contributed by atoms with van der Waals surface area (Å²) in [7, 11) is -3.62. The van der Waals surface area contributed by atoms with Gasteiger partial charge in [0.2, 0.25) is 5.91 Å². The van der Waals surface area contributed by atoms with Crippen molar-refractivity contribution in [1.82, 2.24) is 9.47 Å². The number of aromatic nitrogens is 1. The van der Waals surface area contributed by atoms with E-state index in [1.807, 2.05) is 26.0 Å². The molecule has 0 spiro atoms. The molecule has 6 nitrogen and oxygen atoms in total. The number of hydrogen-bond acceptors (Lipinski definition) is 4. The number of rotatable bonds is 5. The number of amides is 1. The Balaban J connectivity index is 1.64. The zero-order chi connectivity index (χ0) is 22.2. The molecule has 0 saturated carbocycles. The van der Waals surface area contributed by atoms with Crippen LogP contribution in [0.5, 0.6) is 0 Å². The van der Waals surface area contributed by atoms with Crippen LogP contribution in [-0.2, 0) is 31.7 Å². The maximum Gasteiger partial charge on any atom is 0.242 e. The normalized spacial score (nSPS) is 19.6. The summed E-state index contributed by atoms with van der Waals surface area (Å²) in [5.74, 6) is -0.186. The summed E-state index contributed by atoms with van der Waals surface area (Å²) < 4.78 is 33.9. The summed E-state index contributed by atoms with van der Waals surface area (Å²) in [5.41, 5.74) is 1.38. The van der Waals surface area contributed by atoms with Crippen LogP contribution in [0.25, 0.3) is 10.9 Å². The highest BCUT2D eigenvalue weighted by molar-refractivity contribution is 7.90. The molecule has 1 aliphatic heterocycles. The van der Waals surface area contributed by atoms with Gasteiger partial charge in [0.25, 0.3) is 0 Å². The molecular formula is C23H25ClN2O4S. The van der Waals surface area contributed by atoms with Gasteiger partial charge in [-0.25, -0.2) is 8.42 Å². The van der Waals surface area contributed by atoms with Gasteiger partial charge in [0.15, 0.2) is 9.84 Å². The fourth-order valence-electron chi connectivity index (χ4n) is 4.10. The minimum absolute atomic E-state index is 0.0237. The van der Waals surface area contributed by atoms with Crippen molar-refractivity contribution in [3.63, 3.8) is 0 Å². The second kappa shape index (κ2) is 8.65. The largest absolute Gasteiger partial charge is 0.372 e. The summed E-state index contributed by atoms with van der Waals surface area (Å²) >= 11 is 5.92. The Kier molecular flexibility index (Phi) is 6.10. The van der Waals surface area contributed by atoms with Crippen LogP contribution >= 0.6 is 11.6 Å². The van der Waals surface area contributed by atoms with Crippen LogP contribution in [0.3, 0.4) is 0 Å². The number of fused-ring (bicyclic) bond motifs is 1. The van der Waals surface area contributed by atoms with Gasteiger partial charge in [-0.3, -0.25) is 4.79 Å². The average molecular weight is 461 g/mol. The number of carbonyl (C=O) groups excluding carboxylic acids is 1. The van der Waals surface area contributed by atoms with Crippen molar-refractivity contribution in [1.29, 1.82) is 0 Å². The minimum Gasteiger partial charge on any atom is -0.372 e. The van der Waals surface area contributed by atoms with Crippen molar-refractivity contribution >= 4 is 38.2 Å². The Morgan fingerprint density at radius 3 is 2.39 bits per heavy atom. The first-order valence-electron chi connectivity index (χ1n) is 10.2. The summed E-state index contributed by atoms with van der Waals surface area (Å²) in [6.45, 7) is 5.04. The van der Waals surface area contributed by atoms with Gasteiger partial charge < -0.3 is 14.2 Å². The number of carbonyl (C=O) groups is 1. The van der Waals surface area contributed by atoms with E-state index in [0.29, 0.717) is 29.1 Å². The molecular weight excluding hydrogens is 436 g/mol. The quantitative estimate of drug-likeness (QED) is 0.579. The van der Waals surface area contributed by atoms with Crippen molar-refractivity contribution in [2.75, 3.05) is 13.1 Å². The van der Waals surface area contributed by atoms with E-state index in [-0.39, 0.29) is 35.3 Å². The first-order chi connectivity index (χ1) is 14.7. The van der Waals surface area contributed by atoms with E-state index in [0.717, 1.165) is 5.52 Å². The monoisotopic (exact) mass is 460 g/mol. The zero-order valence-electron chi connectivity index (χ0n) is 17.5. The maximum atomic E-state index is 13.2. The highest BCUT2D eigenvalue weighted by atomic mass is 35.5. The predicted molar refractivity (Wildman–Crippen MR) is 121 cm³/mol. The van der Waals surface area contributed by atoms with Crippen molar-refractivity contribution < 1.29 is 17.9 Å². The van der Waals surface area contributed by atoms with Crippen LogP contribution in [0.1, 0.15) is 19.4 Å². The van der Waals surface area contributed by atoms with Crippen LogP contribution in [-0.4, -0.2) is 49.1 Å². The molecule has 0 bridgehead atoms. The molecule has 1 fully saturated rings. The molecule has 1 saturated heterocycles. The smallest absolute Gasteiger partial charge is 0.242 e. The third kappa shape index (κ3) is 4.79. The Morgan fingerprint density at radius 1 is 1.06 bits per heavy atom. The highest BCUT2D eigenvalue weighted by Gasteiger charge is 2.27. The van der Waals surface area contributed by atoms with Crippen molar-refractivity contribution in [2.45, 2.75) is 43.2 Å². The summed E-state index contributed by atoms with van der Waals surface area (Å²) in [6, 6.07) is 14.1. The maximum absolute atomic E-state index is 13.2. The van der Waals surface area contributed by atoms with E-state index >= 15 is 0 Å². The zero-order valence-corrected chi connectivity index (χ0v) is 19.1. The van der Waals surface area contributed by atoms with Crippen LogP contribution in [0, 0.1) is 0 Å². The molecule has 2 aromatic carbocycles. The number of benzene rings is 2. The van der Waals surface area contributed by atoms with Gasteiger partial charge in [-0.05, 0) is 37.6 Å². The summed E-state index contributed by atoms with van der Waals surface area (Å²) in [4.78, 5) is 15.0. The van der Waals surface area contributed by atoms with Crippen molar-refractivity contribution in [2.24, 2.45) is 0 Å². The number of sulfone groups is 1. The SMILES string of the molecule is C[C@H]1CN(C(=O)Cn2cc(S(=O)(=O)Cc3ccc(Cl)cc3)c3ccccc32)C[C@H](C)O1. The third-order valence-corrected chi connectivity index (χ3v) is 7.40. The number of halogens is 1. The van der Waals surface area contributed by atoms with Crippen molar-refractivity contribution in [3.8, 4) is 0 Å². The molecule has 0 radical (unpaired) electrons. The number of ether oxygens (including phenoxy) is 1. The molecule has 0 N–H and O–H groups in total. The number of nitrogens with zero attached hydrogens (tertiary/aromatic N) is 2. The van der Waals surface area contributed by atoms with Gasteiger partial charge in [-0.1, -0.05) is 41.9 Å². The third-order valence-electron chi connectivity index (χ3n) is 5.43. The lowest BCUT2D eigenvalue weighted by atomic mass is 10.2. The molecule has 0 aliphatic carbocycles. The topological polar surface area (TPSA) is 68.6 Å². The molecule has 31 heavy (non-hydrogen) atoms. The molecule has 3 aromatic rings. The standard InChI is InChI=1S/C23H25ClN2O4S/c1-16-11-26(12-17(2)30-16)23(27)14-25-13-22(20-5-3-4-6-21(20)25)31(28,29)15-18-7-9-19(24)10-8-18/h3-10,13,16-17H,11-12,14-15H2,1-2H3/t16-,17-/m0/s1. The molecule has 2 atom stereocenters. The fraction of sp³-hybridized carbons (Fsp3) is 0.348. The Morgan fingerprint density at radius 2 is 1.71 bits per heavy atom. The van der Waals surface area contributed by atoms with Gasteiger partial charge >= 0.3 is 0 Å². The average Bonchev–Trinajstić information content (AvgIpc) is 3.08. The van der Waals surface area contributed by atoms with Crippen LogP contribution in [0.4, 0.5) is 0 Å². The van der Waals surface area contributed by atoms with Crippen LogP contribution < -0.4 is 0 Å². The Labute approximate surface area is 187 Å². The van der Waals surface area contributed by atoms with Gasteiger partial charge in [0.05, 0.1) is 22.9 Å². The fourth-order valence-corrected chi connectivity index (χ4v) is 5.81. The van der Waals surface area contributed by atoms with Gasteiger partial charge in [0, 0.05) is 35.2 Å². The summed E-state index contributed by atoms with van der Waals surface area (Å²) in [5, 5.41) is 1.18. The molecule has 8 heteroatoms. The number of morpholine rings is 1. The Bertz CT molecular complexity index is 1190. The number of hydrogen-bond donors (Lipinski definition) is 0. The lowest BCUT2D eigenvalue weighted by Crippen LogP contribution is -2.49.